The number of hydrogen-bond donors (Lipinski definition) is 1. The maximum atomic E-state index is 12.2. The molecule has 0 bridgehead atoms. The summed E-state index contributed by atoms with van der Waals surface area (Å²) in [4.78, 5) is 6.39. The van der Waals surface area contributed by atoms with Gasteiger partial charge in [-0.25, -0.2) is 18.1 Å². The molecule has 7 heteroatoms. The highest BCUT2D eigenvalue weighted by Crippen LogP contribution is 2.31. The van der Waals surface area contributed by atoms with E-state index in [0.717, 1.165) is 25.8 Å². The van der Waals surface area contributed by atoms with Crippen molar-refractivity contribution >= 4 is 15.8 Å². The number of nitrogens with one attached hydrogen (secondary N) is 1. The van der Waals surface area contributed by atoms with Gasteiger partial charge in [-0.3, -0.25) is 0 Å². The fraction of sp³-hybridized carbons (Fsp3) is 0.500. The minimum absolute atomic E-state index is 0.121. The molecule has 0 aliphatic carbocycles. The van der Waals surface area contributed by atoms with Crippen LogP contribution in [0.2, 0.25) is 0 Å². The fourth-order valence-corrected chi connectivity index (χ4v) is 3.95. The summed E-state index contributed by atoms with van der Waals surface area (Å²) < 4.78 is 27.0. The van der Waals surface area contributed by atoms with Crippen molar-refractivity contribution in [2.75, 3.05) is 18.0 Å². The van der Waals surface area contributed by atoms with Gasteiger partial charge in [-0.1, -0.05) is 0 Å². The minimum atomic E-state index is -3.57. The number of rotatable bonds is 0. The van der Waals surface area contributed by atoms with Crippen LogP contribution in [0.1, 0.15) is 24.8 Å². The number of aromatic nitrogens is 1. The van der Waals surface area contributed by atoms with Crippen LogP contribution in [0.5, 0.6) is 0 Å². The van der Waals surface area contributed by atoms with Crippen molar-refractivity contribution in [2.45, 2.75) is 30.2 Å². The Labute approximate surface area is 112 Å². The number of sulfonamides is 1. The maximum absolute atomic E-state index is 12.2. The Balaban J connectivity index is 2.18. The first-order valence-electron chi connectivity index (χ1n) is 6.28. The van der Waals surface area contributed by atoms with Crippen LogP contribution in [0, 0.1) is 11.3 Å². The molecule has 1 fully saturated rings. The van der Waals surface area contributed by atoms with E-state index >= 15 is 0 Å². The maximum Gasteiger partial charge on any atom is 0.244 e. The molecule has 1 aromatic heterocycles. The molecule has 0 amide bonds. The van der Waals surface area contributed by atoms with Crippen LogP contribution < -0.4 is 9.62 Å². The van der Waals surface area contributed by atoms with Crippen LogP contribution in [0.15, 0.2) is 17.2 Å². The first kappa shape index (κ1) is 12.4. The number of fused-ring (bicyclic) bond motifs is 3. The van der Waals surface area contributed by atoms with Gasteiger partial charge in [-0.15, -0.1) is 0 Å². The molecule has 1 atom stereocenters. The van der Waals surface area contributed by atoms with Crippen molar-refractivity contribution in [3.05, 3.63) is 17.8 Å². The first-order chi connectivity index (χ1) is 9.12. The molecule has 100 valence electrons. The standard InChI is InChI=1S/C12H14N4O2S/c13-6-9-5-11-12(14-7-9)16-4-2-1-3-10(16)8-15-19(11,17)18/h5,7,10,15H,1-4,8H2. The molecule has 3 rings (SSSR count). The molecule has 1 unspecified atom stereocenters. The zero-order valence-corrected chi connectivity index (χ0v) is 11.2. The van der Waals surface area contributed by atoms with Gasteiger partial charge < -0.3 is 4.90 Å². The van der Waals surface area contributed by atoms with Crippen molar-refractivity contribution in [1.82, 2.24) is 9.71 Å². The van der Waals surface area contributed by atoms with E-state index in [1.807, 2.05) is 6.07 Å². The largest absolute Gasteiger partial charge is 0.351 e. The number of piperidine rings is 1. The molecule has 0 spiro atoms. The second kappa shape index (κ2) is 4.47. The van der Waals surface area contributed by atoms with E-state index in [1.54, 1.807) is 0 Å². The predicted octanol–water partition coefficient (Wildman–Crippen LogP) is 0.604. The van der Waals surface area contributed by atoms with Crippen LogP contribution in [-0.4, -0.2) is 32.5 Å². The number of anilines is 1. The highest BCUT2D eigenvalue weighted by atomic mass is 32.2. The molecule has 19 heavy (non-hydrogen) atoms. The van der Waals surface area contributed by atoms with Crippen LogP contribution in [-0.2, 0) is 10.0 Å². The lowest BCUT2D eigenvalue weighted by atomic mass is 10.0. The smallest absolute Gasteiger partial charge is 0.244 e. The minimum Gasteiger partial charge on any atom is -0.351 e. The summed E-state index contributed by atoms with van der Waals surface area (Å²) in [5.41, 5.74) is 0.264. The van der Waals surface area contributed by atoms with Gasteiger partial charge in [0.05, 0.1) is 5.56 Å². The average molecular weight is 278 g/mol. The van der Waals surface area contributed by atoms with Crippen molar-refractivity contribution in [3.63, 3.8) is 0 Å². The van der Waals surface area contributed by atoms with E-state index < -0.39 is 10.0 Å². The Bertz CT molecular complexity index is 650. The van der Waals surface area contributed by atoms with Crippen LogP contribution >= 0.6 is 0 Å². The molecule has 2 aliphatic heterocycles. The van der Waals surface area contributed by atoms with Gasteiger partial charge in [0, 0.05) is 25.3 Å². The normalized spacial score (nSPS) is 24.8. The van der Waals surface area contributed by atoms with Gasteiger partial charge in [0.2, 0.25) is 10.0 Å². The van der Waals surface area contributed by atoms with E-state index in [4.69, 9.17) is 5.26 Å². The molecule has 0 saturated carbocycles. The molecule has 6 nitrogen and oxygen atoms in total. The SMILES string of the molecule is N#Cc1cnc2c(c1)S(=O)(=O)NCC1CCCCN21. The van der Waals surface area contributed by atoms with Gasteiger partial charge in [-0.2, -0.15) is 5.26 Å². The molecule has 1 aromatic rings. The number of hydrogen-bond acceptors (Lipinski definition) is 5. The second-order valence-corrected chi connectivity index (χ2v) is 6.59. The van der Waals surface area contributed by atoms with Gasteiger partial charge in [0.25, 0.3) is 0 Å². The summed E-state index contributed by atoms with van der Waals surface area (Å²) in [6.45, 7) is 1.22. The summed E-state index contributed by atoms with van der Waals surface area (Å²) in [7, 11) is -3.57. The summed E-state index contributed by atoms with van der Waals surface area (Å²) >= 11 is 0. The van der Waals surface area contributed by atoms with E-state index in [9.17, 15) is 8.42 Å². The Hall–Kier alpha value is -1.65. The van der Waals surface area contributed by atoms with Crippen LogP contribution in [0.4, 0.5) is 5.82 Å². The second-order valence-electron chi connectivity index (χ2n) is 4.85. The van der Waals surface area contributed by atoms with Crippen LogP contribution in [0.25, 0.3) is 0 Å². The summed E-state index contributed by atoms with van der Waals surface area (Å²) in [6, 6.07) is 3.50. The third kappa shape index (κ3) is 2.07. The quantitative estimate of drug-likeness (QED) is 0.751. The topological polar surface area (TPSA) is 86.1 Å². The van der Waals surface area contributed by atoms with Crippen molar-refractivity contribution in [3.8, 4) is 6.07 Å². The molecule has 0 aromatic carbocycles. The molecular formula is C12H14N4O2S. The molecule has 1 saturated heterocycles. The van der Waals surface area contributed by atoms with Crippen molar-refractivity contribution in [1.29, 1.82) is 5.26 Å². The van der Waals surface area contributed by atoms with E-state index in [2.05, 4.69) is 14.6 Å². The zero-order chi connectivity index (χ0) is 13.5. The van der Waals surface area contributed by atoms with Gasteiger partial charge in [0.1, 0.15) is 16.8 Å². The first-order valence-corrected chi connectivity index (χ1v) is 7.76. The summed E-state index contributed by atoms with van der Waals surface area (Å²) in [5, 5.41) is 8.89. The van der Waals surface area contributed by atoms with Crippen LogP contribution in [0.3, 0.4) is 0 Å². The third-order valence-corrected chi connectivity index (χ3v) is 5.09. The summed E-state index contributed by atoms with van der Waals surface area (Å²) in [5.74, 6) is 0.480. The Morgan fingerprint density at radius 1 is 1.47 bits per heavy atom. The molecular weight excluding hydrogens is 264 g/mol. The Kier molecular flexibility index (Phi) is 2.92. The molecule has 1 N–H and O–H groups in total. The van der Waals surface area contributed by atoms with Gasteiger partial charge in [0.15, 0.2) is 0 Å². The Morgan fingerprint density at radius 2 is 2.32 bits per heavy atom. The predicted molar refractivity (Wildman–Crippen MR) is 69.1 cm³/mol. The van der Waals surface area contributed by atoms with Crippen molar-refractivity contribution < 1.29 is 8.42 Å². The Morgan fingerprint density at radius 3 is 3.11 bits per heavy atom. The molecule has 0 radical (unpaired) electrons. The number of pyridine rings is 1. The van der Waals surface area contributed by atoms with Gasteiger partial charge >= 0.3 is 0 Å². The van der Waals surface area contributed by atoms with E-state index in [0.29, 0.717) is 12.4 Å². The third-order valence-electron chi connectivity index (χ3n) is 3.66. The lowest BCUT2D eigenvalue weighted by Crippen LogP contribution is -2.44. The lowest BCUT2D eigenvalue weighted by Gasteiger charge is -2.35. The molecule has 2 aliphatic rings. The van der Waals surface area contributed by atoms with E-state index in [1.165, 1.54) is 12.3 Å². The van der Waals surface area contributed by atoms with E-state index in [-0.39, 0.29) is 16.5 Å². The zero-order valence-electron chi connectivity index (χ0n) is 10.3. The fourth-order valence-electron chi connectivity index (χ4n) is 2.69. The van der Waals surface area contributed by atoms with Gasteiger partial charge in [-0.05, 0) is 25.3 Å². The summed E-state index contributed by atoms with van der Waals surface area (Å²) in [6.07, 6.45) is 4.54. The molecule has 3 heterocycles. The number of nitrogens with zero attached hydrogens (tertiary/aromatic N) is 3. The lowest BCUT2D eigenvalue weighted by molar-refractivity contribution is 0.454. The highest BCUT2D eigenvalue weighted by molar-refractivity contribution is 7.89. The van der Waals surface area contributed by atoms with Crippen molar-refractivity contribution in [2.24, 2.45) is 0 Å². The number of nitriles is 1. The monoisotopic (exact) mass is 278 g/mol. The average Bonchev–Trinajstić information content (AvgIpc) is 2.55. The highest BCUT2D eigenvalue weighted by Gasteiger charge is 2.34.